The van der Waals surface area contributed by atoms with E-state index in [1.165, 1.54) is 11.3 Å². The Morgan fingerprint density at radius 3 is 2.46 bits per heavy atom. The predicted octanol–water partition coefficient (Wildman–Crippen LogP) is 5.88. The number of piperazine rings is 1. The maximum Gasteiger partial charge on any atom is 0.234 e. The third kappa shape index (κ3) is 9.75. The number of hydrogen-bond donors (Lipinski definition) is 3. The van der Waals surface area contributed by atoms with Crippen molar-refractivity contribution < 1.29 is 18.9 Å². The summed E-state index contributed by atoms with van der Waals surface area (Å²) in [5, 5.41) is 14.3. The van der Waals surface area contributed by atoms with Gasteiger partial charge in [-0.15, -0.1) is 0 Å². The number of halogens is 1. The van der Waals surface area contributed by atoms with Crippen LogP contribution in [0.5, 0.6) is 5.75 Å². The molecule has 0 aliphatic carbocycles. The highest BCUT2D eigenvalue weighted by atomic mass is 79.9. The molecule has 0 radical (unpaired) electrons. The first-order valence-electron chi connectivity index (χ1n) is 21.1. The van der Waals surface area contributed by atoms with Gasteiger partial charge in [0.25, 0.3) is 0 Å². The van der Waals surface area contributed by atoms with Crippen molar-refractivity contribution in [3.05, 3.63) is 70.8 Å². The quantitative estimate of drug-likeness (QED) is 0.0890. The van der Waals surface area contributed by atoms with Crippen LogP contribution in [0.2, 0.25) is 0 Å². The largest absolute Gasteiger partial charge is 0.494 e. The SMILES string of the molecule is CCc1cc(Nc2ncc(Br)c(Nc3ccc4nccnc4c3P(C)(C)=O)n2)c(OC)cc1N1CCC(N2CCN(CCCn3cc(C4CCC(=O)NC4=O)cn3)CC2)CC1. The number of ether oxygens (including phenoxy) is 1. The standard InChI is InChI=1S/C43H54BrN12O4P/c1-5-28-23-35(50-43-47-26-32(44)41(52-43)49-34-9-8-33-39(46-14-13-45-33)40(34)61(3,4)59)37(60-2)24-36(28)55-17-11-30(12-18-55)54-21-19-53(20-22-54)15-6-16-56-27-29(25-48-56)31-7-10-38(57)51-42(31)58/h8-9,13-14,23-27,30-31H,5-7,10-12,15-22H2,1-4H3,(H,51,57,58)(H2,47,49,50,52). The van der Waals surface area contributed by atoms with Crippen molar-refractivity contribution in [2.24, 2.45) is 0 Å². The van der Waals surface area contributed by atoms with Crippen molar-refractivity contribution in [3.8, 4) is 5.75 Å². The molecule has 2 amide bonds. The van der Waals surface area contributed by atoms with E-state index in [0.29, 0.717) is 62.9 Å². The number of nitrogens with zero attached hydrogens (tertiary/aromatic N) is 9. The van der Waals surface area contributed by atoms with Gasteiger partial charge in [-0.1, -0.05) is 6.92 Å². The lowest BCUT2D eigenvalue weighted by Gasteiger charge is -2.43. The Labute approximate surface area is 364 Å². The topological polar surface area (TPSA) is 176 Å². The molecule has 18 heteroatoms. The van der Waals surface area contributed by atoms with E-state index in [1.807, 2.05) is 23.0 Å². The molecule has 6 heterocycles. The Bertz CT molecular complexity index is 2440. The Balaban J connectivity index is 0.850. The van der Waals surface area contributed by atoms with Gasteiger partial charge in [-0.3, -0.25) is 34.5 Å². The molecule has 3 aromatic heterocycles. The Morgan fingerprint density at radius 1 is 0.934 bits per heavy atom. The molecule has 0 spiro atoms. The van der Waals surface area contributed by atoms with Gasteiger partial charge in [0.05, 0.1) is 45.9 Å². The summed E-state index contributed by atoms with van der Waals surface area (Å²) in [7, 11) is -1.08. The lowest BCUT2D eigenvalue weighted by atomic mass is 9.93. The van der Waals surface area contributed by atoms with Crippen LogP contribution < -0.4 is 30.9 Å². The third-order valence-electron chi connectivity index (χ3n) is 12.1. The lowest BCUT2D eigenvalue weighted by Crippen LogP contribution is -2.53. The fourth-order valence-corrected chi connectivity index (χ4v) is 10.5. The van der Waals surface area contributed by atoms with Crippen LogP contribution in [0.25, 0.3) is 11.0 Å². The molecule has 0 saturated carbocycles. The summed E-state index contributed by atoms with van der Waals surface area (Å²) < 4.78 is 22.0. The highest BCUT2D eigenvalue weighted by Gasteiger charge is 2.31. The van der Waals surface area contributed by atoms with Crippen LogP contribution in [0.1, 0.15) is 56.1 Å². The minimum absolute atomic E-state index is 0.195. The van der Waals surface area contributed by atoms with Crippen LogP contribution in [0.3, 0.4) is 0 Å². The van der Waals surface area contributed by atoms with Crippen molar-refractivity contribution in [3.63, 3.8) is 0 Å². The van der Waals surface area contributed by atoms with Crippen molar-refractivity contribution in [2.45, 2.75) is 64.0 Å². The van der Waals surface area contributed by atoms with Crippen molar-refractivity contribution >= 4 is 80.1 Å². The van der Waals surface area contributed by atoms with Crippen LogP contribution in [0.4, 0.5) is 28.8 Å². The van der Waals surface area contributed by atoms with Gasteiger partial charge in [0.2, 0.25) is 17.8 Å². The maximum absolute atomic E-state index is 13.5. The Kier molecular flexibility index (Phi) is 13.0. The first-order valence-corrected chi connectivity index (χ1v) is 24.5. The summed E-state index contributed by atoms with van der Waals surface area (Å²) in [4.78, 5) is 49.8. The molecule has 3 aliphatic heterocycles. The first kappa shape index (κ1) is 42.7. The summed E-state index contributed by atoms with van der Waals surface area (Å²) in [5.74, 6) is 0.903. The molecule has 3 N–H and O–H groups in total. The summed E-state index contributed by atoms with van der Waals surface area (Å²) in [5.41, 5.74) is 6.01. The molecule has 8 rings (SSSR count). The van der Waals surface area contributed by atoms with E-state index in [1.54, 1.807) is 45.2 Å². The van der Waals surface area contributed by atoms with Gasteiger partial charge in [-0.25, -0.2) is 4.98 Å². The fourth-order valence-electron chi connectivity index (χ4n) is 8.86. The molecule has 3 saturated heterocycles. The fraction of sp³-hybridized carbons (Fsp3) is 0.465. The molecule has 322 valence electrons. The highest BCUT2D eigenvalue weighted by Crippen LogP contribution is 2.42. The molecule has 1 unspecified atom stereocenters. The number of anilines is 5. The number of rotatable bonds is 14. The van der Waals surface area contributed by atoms with Gasteiger partial charge in [0.1, 0.15) is 24.2 Å². The molecule has 5 aromatic rings. The number of methoxy groups -OCH3 is 1. The number of nitrogens with one attached hydrogen (secondary N) is 3. The van der Waals surface area contributed by atoms with Gasteiger partial charge in [0.15, 0.2) is 0 Å². The molecule has 16 nitrogen and oxygen atoms in total. The monoisotopic (exact) mass is 912 g/mol. The van der Waals surface area contributed by atoms with Crippen LogP contribution in [-0.2, 0) is 27.1 Å². The van der Waals surface area contributed by atoms with Gasteiger partial charge >= 0.3 is 0 Å². The van der Waals surface area contributed by atoms with E-state index >= 15 is 0 Å². The third-order valence-corrected chi connectivity index (χ3v) is 14.2. The molecule has 1 atom stereocenters. The maximum atomic E-state index is 13.5. The number of aryl methyl sites for hydroxylation is 2. The lowest BCUT2D eigenvalue weighted by molar-refractivity contribution is -0.134. The zero-order chi connectivity index (χ0) is 42.7. The molecular formula is C43H54BrN12O4P. The highest BCUT2D eigenvalue weighted by molar-refractivity contribution is 9.10. The minimum Gasteiger partial charge on any atom is -0.494 e. The van der Waals surface area contributed by atoms with Crippen LogP contribution in [-0.4, -0.2) is 124 Å². The number of piperidine rings is 2. The predicted molar refractivity (Wildman–Crippen MR) is 243 cm³/mol. The van der Waals surface area contributed by atoms with Gasteiger partial charge in [-0.05, 0) is 91.7 Å². The van der Waals surface area contributed by atoms with E-state index in [4.69, 9.17) is 9.72 Å². The van der Waals surface area contributed by atoms with Crippen LogP contribution in [0.15, 0.2) is 59.7 Å². The van der Waals surface area contributed by atoms with E-state index in [9.17, 15) is 14.2 Å². The second-order valence-electron chi connectivity index (χ2n) is 16.4. The number of hydrogen-bond acceptors (Lipinski definition) is 14. The number of carbonyl (C=O) groups is 2. The van der Waals surface area contributed by atoms with Crippen molar-refractivity contribution in [1.82, 2.24) is 44.8 Å². The second-order valence-corrected chi connectivity index (χ2v) is 20.4. The second kappa shape index (κ2) is 18.6. The zero-order valence-corrected chi connectivity index (χ0v) is 37.7. The molecule has 3 aliphatic rings. The van der Waals surface area contributed by atoms with E-state index in [0.717, 1.165) is 89.3 Å². The van der Waals surface area contributed by atoms with Gasteiger partial charge < -0.3 is 29.7 Å². The van der Waals surface area contributed by atoms with Crippen LogP contribution >= 0.6 is 23.1 Å². The summed E-state index contributed by atoms with van der Waals surface area (Å²) in [6.07, 6.45) is 13.6. The molecular weight excluding hydrogens is 859 g/mol. The number of carbonyl (C=O) groups excluding carboxylic acids is 2. The molecule has 3 fully saturated rings. The average molecular weight is 914 g/mol. The molecule has 0 bridgehead atoms. The smallest absolute Gasteiger partial charge is 0.234 e. The Morgan fingerprint density at radius 2 is 1.72 bits per heavy atom. The molecule has 2 aromatic carbocycles. The van der Waals surface area contributed by atoms with Crippen molar-refractivity contribution in [2.75, 3.05) is 81.8 Å². The summed E-state index contributed by atoms with van der Waals surface area (Å²) in [6, 6.07) is 8.58. The number of imide groups is 1. The van der Waals surface area contributed by atoms with E-state index < -0.39 is 7.14 Å². The van der Waals surface area contributed by atoms with Crippen molar-refractivity contribution in [1.29, 1.82) is 0 Å². The molecule has 61 heavy (non-hydrogen) atoms. The number of benzene rings is 2. The van der Waals surface area contributed by atoms with Gasteiger partial charge in [0, 0.05) is 100 Å². The van der Waals surface area contributed by atoms with E-state index in [-0.39, 0.29) is 17.7 Å². The number of aromatic nitrogens is 6. The van der Waals surface area contributed by atoms with Gasteiger partial charge in [-0.2, -0.15) is 10.1 Å². The number of amides is 2. The average Bonchev–Trinajstić information content (AvgIpc) is 3.73. The zero-order valence-electron chi connectivity index (χ0n) is 35.2. The summed E-state index contributed by atoms with van der Waals surface area (Å²) in [6.45, 7) is 13.7. The summed E-state index contributed by atoms with van der Waals surface area (Å²) >= 11 is 3.60. The normalized spacial score (nSPS) is 18.4. The van der Waals surface area contributed by atoms with E-state index in [2.05, 4.69) is 85.7 Å². The number of fused-ring (bicyclic) bond motifs is 1. The first-order chi connectivity index (χ1) is 29.5. The Hall–Kier alpha value is -4.96. The van der Waals surface area contributed by atoms with Crippen LogP contribution in [0, 0.1) is 0 Å². The minimum atomic E-state index is -2.77.